The molecule has 0 aliphatic heterocycles. The maximum Gasteiger partial charge on any atom is 0.418 e. The van der Waals surface area contributed by atoms with E-state index < -0.39 is 30.4 Å². The first-order valence-electron chi connectivity index (χ1n) is 8.53. The molecule has 150 valence electrons. The lowest BCUT2D eigenvalue weighted by Gasteiger charge is -2.22. The van der Waals surface area contributed by atoms with Gasteiger partial charge in [-0.2, -0.15) is 13.2 Å². The Labute approximate surface area is 178 Å². The van der Waals surface area contributed by atoms with Gasteiger partial charge in [0, 0.05) is 15.3 Å². The van der Waals surface area contributed by atoms with Gasteiger partial charge in [0.2, 0.25) is 0 Å². The van der Waals surface area contributed by atoms with Crippen LogP contribution in [-0.4, -0.2) is 10.9 Å². The topological polar surface area (TPSA) is 42.0 Å². The van der Waals surface area contributed by atoms with Crippen LogP contribution in [0.4, 0.5) is 17.6 Å². The fourth-order valence-corrected chi connectivity index (χ4v) is 3.17. The molecule has 29 heavy (non-hydrogen) atoms. The zero-order chi connectivity index (χ0) is 21.0. The van der Waals surface area contributed by atoms with Gasteiger partial charge < -0.3 is 5.32 Å². The molecule has 1 amide bonds. The monoisotopic (exact) mass is 514 g/mol. The minimum absolute atomic E-state index is 0.306. The fourth-order valence-electron chi connectivity index (χ4n) is 2.81. The number of carbonyl (C=O) groups excluding carboxylic acids is 1. The third-order valence-corrected chi connectivity index (χ3v) is 4.99. The van der Waals surface area contributed by atoms with Crippen molar-refractivity contribution in [3.63, 3.8) is 0 Å². The summed E-state index contributed by atoms with van der Waals surface area (Å²) < 4.78 is 54.4. The number of pyridine rings is 1. The zero-order valence-electron chi connectivity index (χ0n) is 14.9. The number of nitrogens with zero attached hydrogens (tertiary/aromatic N) is 1. The van der Waals surface area contributed by atoms with Gasteiger partial charge in [0.1, 0.15) is 6.67 Å². The molecule has 2 aromatic carbocycles. The van der Waals surface area contributed by atoms with E-state index >= 15 is 0 Å². The summed E-state index contributed by atoms with van der Waals surface area (Å²) in [5.41, 5.74) is -0.214. The smallest absolute Gasteiger partial charge is 0.340 e. The van der Waals surface area contributed by atoms with E-state index in [0.29, 0.717) is 16.7 Å². The van der Waals surface area contributed by atoms with Crippen molar-refractivity contribution in [2.45, 2.75) is 18.9 Å². The highest BCUT2D eigenvalue weighted by Gasteiger charge is 2.37. The van der Waals surface area contributed by atoms with E-state index in [1.54, 1.807) is 24.3 Å². The molecule has 1 N–H and O–H groups in total. The summed E-state index contributed by atoms with van der Waals surface area (Å²) in [6.45, 7) is -0.697. The molecule has 0 aliphatic carbocycles. The van der Waals surface area contributed by atoms with Crippen LogP contribution in [-0.2, 0) is 12.9 Å². The van der Waals surface area contributed by atoms with Crippen molar-refractivity contribution in [2.24, 2.45) is 0 Å². The first-order valence-corrected chi connectivity index (χ1v) is 9.61. The van der Waals surface area contributed by atoms with Crippen molar-refractivity contribution in [2.75, 3.05) is 0 Å². The van der Waals surface area contributed by atoms with Crippen LogP contribution in [0.1, 0.15) is 38.8 Å². The van der Waals surface area contributed by atoms with Crippen molar-refractivity contribution in [3.8, 4) is 0 Å². The summed E-state index contributed by atoms with van der Waals surface area (Å²) in [6.07, 6.45) is -3.40. The van der Waals surface area contributed by atoms with Gasteiger partial charge in [-0.1, -0.05) is 24.3 Å². The molecular formula is C21H15F4IN2O. The van der Waals surface area contributed by atoms with E-state index in [2.05, 4.69) is 32.9 Å². The molecule has 1 aromatic heterocycles. The van der Waals surface area contributed by atoms with Crippen LogP contribution >= 0.6 is 22.6 Å². The first-order chi connectivity index (χ1) is 13.8. The highest BCUT2D eigenvalue weighted by Crippen LogP contribution is 2.35. The first kappa shape index (κ1) is 21.2. The normalized spacial score (nSPS) is 12.4. The highest BCUT2D eigenvalue weighted by molar-refractivity contribution is 14.1. The number of amides is 1. The molecule has 3 aromatic rings. The lowest BCUT2D eigenvalue weighted by atomic mass is 9.97. The lowest BCUT2D eigenvalue weighted by Crippen LogP contribution is -2.31. The van der Waals surface area contributed by atoms with Crippen LogP contribution < -0.4 is 5.32 Å². The number of rotatable bonds is 5. The maximum atomic E-state index is 13.5. The van der Waals surface area contributed by atoms with Crippen LogP contribution in [0.15, 0.2) is 66.9 Å². The summed E-state index contributed by atoms with van der Waals surface area (Å²) >= 11 is 2.09. The molecular weight excluding hydrogens is 499 g/mol. The molecule has 0 fully saturated rings. The quantitative estimate of drug-likeness (QED) is 0.351. The highest BCUT2D eigenvalue weighted by atomic mass is 127. The third-order valence-electron chi connectivity index (χ3n) is 4.27. The number of alkyl halides is 4. The Kier molecular flexibility index (Phi) is 6.51. The van der Waals surface area contributed by atoms with Gasteiger partial charge in [-0.25, -0.2) is 4.39 Å². The molecule has 0 saturated carbocycles. The number of aromatic nitrogens is 1. The van der Waals surface area contributed by atoms with E-state index in [1.165, 1.54) is 36.5 Å². The molecule has 3 nitrogen and oxygen atoms in total. The maximum absolute atomic E-state index is 13.5. The number of benzene rings is 2. The Hall–Kier alpha value is -2.49. The Morgan fingerprint density at radius 1 is 1.03 bits per heavy atom. The summed E-state index contributed by atoms with van der Waals surface area (Å²) in [7, 11) is 0. The standard InChI is InChI=1S/C21H15F4IN2O/c22-12-13-3-5-14(6-4-13)18(19-17(21(23,24)25)2-1-11-27-19)28-20(29)15-7-9-16(26)10-8-15/h1-11,18H,12H2,(H,28,29)/t18-/m0/s1. The predicted molar refractivity (Wildman–Crippen MR) is 109 cm³/mol. The van der Waals surface area contributed by atoms with Crippen molar-refractivity contribution in [3.05, 3.63) is 98.4 Å². The number of nitrogens with one attached hydrogen (secondary N) is 1. The fraction of sp³-hybridized carbons (Fsp3) is 0.143. The second kappa shape index (κ2) is 8.89. The predicted octanol–water partition coefficient (Wildman–Crippen LogP) is 5.69. The van der Waals surface area contributed by atoms with Crippen LogP contribution in [0.2, 0.25) is 0 Å². The third kappa shape index (κ3) is 5.11. The van der Waals surface area contributed by atoms with Gasteiger partial charge >= 0.3 is 6.18 Å². The van der Waals surface area contributed by atoms with E-state index in [-0.39, 0.29) is 5.69 Å². The van der Waals surface area contributed by atoms with E-state index in [1.807, 2.05) is 0 Å². The SMILES string of the molecule is O=C(N[C@@H](c1ccc(CF)cc1)c1ncccc1C(F)(F)F)c1ccc(I)cc1. The number of hydrogen-bond donors (Lipinski definition) is 1. The van der Waals surface area contributed by atoms with Crippen molar-refractivity contribution in [1.29, 1.82) is 0 Å². The molecule has 0 bridgehead atoms. The molecule has 3 rings (SSSR count). The Morgan fingerprint density at radius 3 is 2.28 bits per heavy atom. The Balaban J connectivity index is 2.05. The van der Waals surface area contributed by atoms with E-state index in [4.69, 9.17) is 0 Å². The average Bonchev–Trinajstić information content (AvgIpc) is 2.72. The van der Waals surface area contributed by atoms with Crippen LogP contribution in [0.25, 0.3) is 0 Å². The molecule has 1 atom stereocenters. The number of halogens is 5. The molecule has 0 saturated heterocycles. The van der Waals surface area contributed by atoms with Gasteiger partial charge in [0.25, 0.3) is 5.91 Å². The molecule has 0 aliphatic rings. The van der Waals surface area contributed by atoms with E-state index in [9.17, 15) is 22.4 Å². The summed E-state index contributed by atoms with van der Waals surface area (Å²) in [4.78, 5) is 16.6. The van der Waals surface area contributed by atoms with Crippen molar-refractivity contribution in [1.82, 2.24) is 10.3 Å². The Bertz CT molecular complexity index is 989. The van der Waals surface area contributed by atoms with Crippen molar-refractivity contribution < 1.29 is 22.4 Å². The van der Waals surface area contributed by atoms with Crippen LogP contribution in [0, 0.1) is 3.57 Å². The number of hydrogen-bond acceptors (Lipinski definition) is 2. The average molecular weight is 514 g/mol. The molecule has 8 heteroatoms. The van der Waals surface area contributed by atoms with Crippen LogP contribution in [0.3, 0.4) is 0 Å². The van der Waals surface area contributed by atoms with Crippen molar-refractivity contribution >= 4 is 28.5 Å². The molecule has 0 spiro atoms. The summed E-state index contributed by atoms with van der Waals surface area (Å²) in [5, 5.41) is 2.64. The van der Waals surface area contributed by atoms with Crippen LogP contribution in [0.5, 0.6) is 0 Å². The van der Waals surface area contributed by atoms with Gasteiger partial charge in [-0.3, -0.25) is 9.78 Å². The minimum atomic E-state index is -4.64. The molecule has 0 radical (unpaired) electrons. The lowest BCUT2D eigenvalue weighted by molar-refractivity contribution is -0.138. The largest absolute Gasteiger partial charge is 0.418 e. The van der Waals surface area contributed by atoms with Gasteiger partial charge in [-0.15, -0.1) is 0 Å². The van der Waals surface area contributed by atoms with Gasteiger partial charge in [-0.05, 0) is 70.1 Å². The Morgan fingerprint density at radius 2 is 1.69 bits per heavy atom. The summed E-state index contributed by atoms with van der Waals surface area (Å²) in [6, 6.07) is 13.5. The van der Waals surface area contributed by atoms with Gasteiger partial charge in [0.05, 0.1) is 17.3 Å². The molecule has 0 unspecified atom stereocenters. The zero-order valence-corrected chi connectivity index (χ0v) is 17.0. The summed E-state index contributed by atoms with van der Waals surface area (Å²) in [5.74, 6) is -0.542. The number of carbonyl (C=O) groups is 1. The van der Waals surface area contributed by atoms with Gasteiger partial charge in [0.15, 0.2) is 0 Å². The second-order valence-corrected chi connectivity index (χ2v) is 7.47. The second-order valence-electron chi connectivity index (χ2n) is 6.22. The minimum Gasteiger partial charge on any atom is -0.340 e. The molecule has 1 heterocycles. The van der Waals surface area contributed by atoms with E-state index in [0.717, 1.165) is 9.64 Å².